The van der Waals surface area contributed by atoms with Gasteiger partial charge in [0.1, 0.15) is 6.54 Å². The average molecular weight is 346 g/mol. The lowest BCUT2D eigenvalue weighted by molar-refractivity contribution is -0.915. The monoisotopic (exact) mass is 346 g/mol. The van der Waals surface area contributed by atoms with Gasteiger partial charge in [-0.2, -0.15) is 0 Å². The SMILES string of the molecule is CCNC(=O)NC(=O)[C@H](c1ccccc1)[NH+](C)Cc1sccc1C. The Morgan fingerprint density at radius 2 is 1.92 bits per heavy atom. The highest BCUT2D eigenvalue weighted by Gasteiger charge is 2.30. The average Bonchev–Trinajstić information content (AvgIpc) is 2.93. The van der Waals surface area contributed by atoms with Crippen molar-refractivity contribution in [1.29, 1.82) is 0 Å². The molecule has 0 fully saturated rings. The van der Waals surface area contributed by atoms with E-state index in [1.54, 1.807) is 11.3 Å². The van der Waals surface area contributed by atoms with Gasteiger partial charge < -0.3 is 10.2 Å². The smallest absolute Gasteiger partial charge is 0.321 e. The molecule has 5 nitrogen and oxygen atoms in total. The Labute approximate surface area is 146 Å². The summed E-state index contributed by atoms with van der Waals surface area (Å²) in [5.41, 5.74) is 2.13. The van der Waals surface area contributed by atoms with E-state index in [2.05, 4.69) is 29.0 Å². The first-order chi connectivity index (χ1) is 11.5. The normalized spacial score (nSPS) is 13.1. The molecule has 0 aliphatic heterocycles. The van der Waals surface area contributed by atoms with Gasteiger partial charge in [-0.15, -0.1) is 11.3 Å². The number of hydrogen-bond acceptors (Lipinski definition) is 3. The number of carbonyl (C=O) groups excluding carboxylic acids is 2. The molecule has 3 amide bonds. The van der Waals surface area contributed by atoms with E-state index in [9.17, 15) is 9.59 Å². The van der Waals surface area contributed by atoms with Crippen molar-refractivity contribution in [3.8, 4) is 0 Å². The number of imide groups is 1. The molecule has 2 aromatic rings. The van der Waals surface area contributed by atoms with E-state index in [0.29, 0.717) is 6.54 Å². The van der Waals surface area contributed by atoms with Gasteiger partial charge >= 0.3 is 6.03 Å². The van der Waals surface area contributed by atoms with Gasteiger partial charge in [0.15, 0.2) is 6.04 Å². The first-order valence-corrected chi connectivity index (χ1v) is 8.89. The maximum absolute atomic E-state index is 12.7. The van der Waals surface area contributed by atoms with Crippen LogP contribution in [0.5, 0.6) is 0 Å². The Morgan fingerprint density at radius 3 is 2.50 bits per heavy atom. The lowest BCUT2D eigenvalue weighted by Gasteiger charge is -2.24. The lowest BCUT2D eigenvalue weighted by Crippen LogP contribution is -3.09. The van der Waals surface area contributed by atoms with Gasteiger partial charge in [0.05, 0.1) is 11.9 Å². The van der Waals surface area contributed by atoms with Crippen molar-refractivity contribution < 1.29 is 14.5 Å². The number of aryl methyl sites for hydroxylation is 1. The van der Waals surface area contributed by atoms with Crippen LogP contribution in [-0.2, 0) is 11.3 Å². The van der Waals surface area contributed by atoms with E-state index in [1.165, 1.54) is 10.4 Å². The van der Waals surface area contributed by atoms with E-state index < -0.39 is 12.1 Å². The number of quaternary nitrogens is 1. The van der Waals surface area contributed by atoms with Gasteiger partial charge in [-0.25, -0.2) is 4.79 Å². The Morgan fingerprint density at radius 1 is 1.21 bits per heavy atom. The molecule has 0 radical (unpaired) electrons. The van der Waals surface area contributed by atoms with Crippen molar-refractivity contribution in [2.24, 2.45) is 0 Å². The summed E-state index contributed by atoms with van der Waals surface area (Å²) in [6, 6.07) is 10.8. The van der Waals surface area contributed by atoms with E-state index in [0.717, 1.165) is 17.0 Å². The minimum Gasteiger partial charge on any atom is -0.338 e. The van der Waals surface area contributed by atoms with Crippen LogP contribution in [0.15, 0.2) is 41.8 Å². The molecule has 128 valence electrons. The van der Waals surface area contributed by atoms with Crippen LogP contribution in [0.4, 0.5) is 4.79 Å². The van der Waals surface area contributed by atoms with Gasteiger partial charge in [0.25, 0.3) is 5.91 Å². The minimum atomic E-state index is -0.455. The number of thiophene rings is 1. The molecule has 2 rings (SSSR count). The highest BCUT2D eigenvalue weighted by Crippen LogP contribution is 2.15. The van der Waals surface area contributed by atoms with Gasteiger partial charge in [-0.05, 0) is 30.9 Å². The quantitative estimate of drug-likeness (QED) is 0.745. The van der Waals surface area contributed by atoms with Crippen molar-refractivity contribution in [3.63, 3.8) is 0 Å². The molecule has 0 aliphatic rings. The van der Waals surface area contributed by atoms with E-state index in [1.807, 2.05) is 44.3 Å². The van der Waals surface area contributed by atoms with E-state index in [4.69, 9.17) is 0 Å². The second-order valence-electron chi connectivity index (χ2n) is 5.74. The molecule has 6 heteroatoms. The van der Waals surface area contributed by atoms with Crippen LogP contribution in [0.25, 0.3) is 0 Å². The number of urea groups is 1. The molecular weight excluding hydrogens is 322 g/mol. The van der Waals surface area contributed by atoms with Crippen LogP contribution < -0.4 is 15.5 Å². The molecule has 0 saturated carbocycles. The summed E-state index contributed by atoms with van der Waals surface area (Å²) < 4.78 is 0. The van der Waals surface area contributed by atoms with Crippen LogP contribution in [0.2, 0.25) is 0 Å². The summed E-state index contributed by atoms with van der Waals surface area (Å²) in [5.74, 6) is -0.293. The number of hydrogen-bond donors (Lipinski definition) is 3. The first-order valence-electron chi connectivity index (χ1n) is 8.01. The third-order valence-corrected chi connectivity index (χ3v) is 4.89. The molecule has 2 atom stereocenters. The van der Waals surface area contributed by atoms with Gasteiger partial charge in [0, 0.05) is 12.1 Å². The Balaban J connectivity index is 2.21. The van der Waals surface area contributed by atoms with Crippen LogP contribution in [0.1, 0.15) is 29.0 Å². The van der Waals surface area contributed by atoms with Crippen molar-refractivity contribution in [1.82, 2.24) is 10.6 Å². The highest BCUT2D eigenvalue weighted by atomic mass is 32.1. The molecule has 0 saturated heterocycles. The standard InChI is InChI=1S/C18H23N3O2S/c1-4-19-18(23)20-17(22)16(14-8-6-5-7-9-14)21(3)12-15-13(2)10-11-24-15/h5-11,16H,4,12H2,1-3H3,(H2,19,20,22,23)/p+1/t16-/m0/s1. The van der Waals surface area contributed by atoms with Crippen LogP contribution in [0, 0.1) is 6.92 Å². The second kappa shape index (κ2) is 8.61. The zero-order valence-electron chi connectivity index (χ0n) is 14.3. The van der Waals surface area contributed by atoms with Crippen molar-refractivity contribution in [2.45, 2.75) is 26.4 Å². The minimum absolute atomic E-state index is 0.293. The van der Waals surface area contributed by atoms with Gasteiger partial charge in [-0.1, -0.05) is 30.3 Å². The summed E-state index contributed by atoms with van der Waals surface area (Å²) in [6.45, 7) is 5.10. The maximum atomic E-state index is 12.7. The first kappa shape index (κ1) is 18.2. The molecule has 1 unspecified atom stereocenters. The summed E-state index contributed by atoms with van der Waals surface area (Å²) >= 11 is 1.69. The fourth-order valence-corrected chi connectivity index (χ4v) is 3.64. The summed E-state index contributed by atoms with van der Waals surface area (Å²) in [4.78, 5) is 26.7. The molecule has 1 heterocycles. The second-order valence-corrected chi connectivity index (χ2v) is 6.74. The fraction of sp³-hybridized carbons (Fsp3) is 0.333. The molecular formula is C18H24N3O2S+. The number of benzene rings is 1. The van der Waals surface area contributed by atoms with Gasteiger partial charge in [-0.3, -0.25) is 10.1 Å². The topological polar surface area (TPSA) is 62.6 Å². The number of amides is 3. The molecule has 1 aromatic heterocycles. The molecule has 0 aliphatic carbocycles. The Bertz CT molecular complexity index is 685. The number of carbonyl (C=O) groups is 2. The molecule has 0 spiro atoms. The molecule has 24 heavy (non-hydrogen) atoms. The molecule has 1 aromatic carbocycles. The lowest BCUT2D eigenvalue weighted by atomic mass is 10.0. The number of likely N-dealkylation sites (N-methyl/N-ethyl adjacent to an activating group) is 1. The summed E-state index contributed by atoms with van der Waals surface area (Å²) in [5, 5.41) is 7.11. The fourth-order valence-electron chi connectivity index (χ4n) is 2.63. The van der Waals surface area contributed by atoms with Crippen LogP contribution >= 0.6 is 11.3 Å². The molecule has 3 N–H and O–H groups in total. The Kier molecular flexibility index (Phi) is 6.52. The zero-order valence-corrected chi connectivity index (χ0v) is 15.1. The third kappa shape index (κ3) is 4.66. The van der Waals surface area contributed by atoms with E-state index in [-0.39, 0.29) is 5.91 Å². The van der Waals surface area contributed by atoms with Gasteiger partial charge in [0.2, 0.25) is 0 Å². The van der Waals surface area contributed by atoms with Crippen LogP contribution in [-0.4, -0.2) is 25.5 Å². The van der Waals surface area contributed by atoms with Crippen molar-refractivity contribution in [3.05, 3.63) is 57.8 Å². The Hall–Kier alpha value is -2.18. The largest absolute Gasteiger partial charge is 0.338 e. The van der Waals surface area contributed by atoms with Crippen LogP contribution in [0.3, 0.4) is 0 Å². The van der Waals surface area contributed by atoms with Crippen molar-refractivity contribution >= 4 is 23.3 Å². The van der Waals surface area contributed by atoms with Crippen molar-refractivity contribution in [2.75, 3.05) is 13.6 Å². The number of nitrogens with one attached hydrogen (secondary N) is 3. The third-order valence-electron chi connectivity index (χ3n) is 3.87. The summed E-state index contributed by atoms with van der Waals surface area (Å²) in [6.07, 6.45) is 0. The predicted octanol–water partition coefficient (Wildman–Crippen LogP) is 1.66. The predicted molar refractivity (Wildman–Crippen MR) is 96.0 cm³/mol. The van der Waals surface area contributed by atoms with E-state index >= 15 is 0 Å². The maximum Gasteiger partial charge on any atom is 0.321 e. The zero-order chi connectivity index (χ0) is 17.5. The molecule has 0 bridgehead atoms. The number of rotatable bonds is 6. The highest BCUT2D eigenvalue weighted by molar-refractivity contribution is 7.10. The summed E-state index contributed by atoms with van der Waals surface area (Å²) in [7, 11) is 1.98.